The standard InChI is InChI=1S/C13H16ClN5O/c14-10-1-2-11(18-17-10)16-12-15-7-13(20-12)8-19-5-3-9(13)4-6-19/h1-2,9H,3-8H2,(H,15,16,18). The summed E-state index contributed by atoms with van der Waals surface area (Å²) in [6, 6.07) is 4.01. The maximum Gasteiger partial charge on any atom is 0.291 e. The number of anilines is 1. The summed E-state index contributed by atoms with van der Waals surface area (Å²) < 4.78 is 6.15. The molecule has 3 fully saturated rings. The summed E-state index contributed by atoms with van der Waals surface area (Å²) in [7, 11) is 0. The molecule has 20 heavy (non-hydrogen) atoms. The van der Waals surface area contributed by atoms with Crippen LogP contribution in [0.3, 0.4) is 0 Å². The van der Waals surface area contributed by atoms with Crippen molar-refractivity contribution in [2.45, 2.75) is 18.4 Å². The lowest BCUT2D eigenvalue weighted by Gasteiger charge is -2.50. The van der Waals surface area contributed by atoms with E-state index in [0.717, 1.165) is 13.1 Å². The van der Waals surface area contributed by atoms with Crippen molar-refractivity contribution in [1.29, 1.82) is 0 Å². The summed E-state index contributed by atoms with van der Waals surface area (Å²) in [5, 5.41) is 11.2. The Balaban J connectivity index is 1.46. The van der Waals surface area contributed by atoms with Crippen LogP contribution in [-0.2, 0) is 4.74 Å². The fraction of sp³-hybridized carbons (Fsp3) is 0.615. The van der Waals surface area contributed by atoms with Crippen molar-refractivity contribution in [3.05, 3.63) is 17.3 Å². The molecular weight excluding hydrogens is 278 g/mol. The monoisotopic (exact) mass is 293 g/mol. The summed E-state index contributed by atoms with van der Waals surface area (Å²) in [5.74, 6) is 1.22. The van der Waals surface area contributed by atoms with Crippen LogP contribution in [0, 0.1) is 5.92 Å². The number of halogens is 1. The average Bonchev–Trinajstić information content (AvgIpc) is 2.85. The lowest BCUT2D eigenvalue weighted by Crippen LogP contribution is -2.61. The van der Waals surface area contributed by atoms with Crippen molar-refractivity contribution in [3.63, 3.8) is 0 Å². The topological polar surface area (TPSA) is 62.6 Å². The first-order valence-electron chi connectivity index (χ1n) is 6.96. The van der Waals surface area contributed by atoms with Gasteiger partial charge in [0.05, 0.1) is 6.54 Å². The minimum atomic E-state index is -0.126. The van der Waals surface area contributed by atoms with Crippen LogP contribution in [-0.4, -0.2) is 52.9 Å². The molecule has 1 aromatic rings. The van der Waals surface area contributed by atoms with Gasteiger partial charge in [-0.2, -0.15) is 0 Å². The molecule has 1 unspecified atom stereocenters. The van der Waals surface area contributed by atoms with E-state index in [2.05, 4.69) is 25.4 Å². The molecule has 4 aliphatic rings. The van der Waals surface area contributed by atoms with Crippen LogP contribution in [0.15, 0.2) is 17.1 Å². The Bertz CT molecular complexity index is 540. The van der Waals surface area contributed by atoms with Crippen LogP contribution in [0.2, 0.25) is 5.15 Å². The molecule has 0 aliphatic carbocycles. The number of aromatic nitrogens is 2. The zero-order chi connectivity index (χ0) is 13.6. The SMILES string of the molecule is Clc1ccc(NC2=NCC3(CN4CCC3CC4)O2)nn1. The number of rotatable bonds is 1. The summed E-state index contributed by atoms with van der Waals surface area (Å²) in [4.78, 5) is 6.98. The molecule has 1 N–H and O–H groups in total. The van der Waals surface area contributed by atoms with Gasteiger partial charge in [0.15, 0.2) is 11.0 Å². The van der Waals surface area contributed by atoms with Crippen LogP contribution in [0.25, 0.3) is 0 Å². The van der Waals surface area contributed by atoms with E-state index in [1.807, 2.05) is 0 Å². The molecule has 1 atom stereocenters. The molecule has 2 bridgehead atoms. The number of fused-ring (bicyclic) bond motifs is 2. The summed E-state index contributed by atoms with van der Waals surface area (Å²) in [6.07, 6.45) is 2.42. The van der Waals surface area contributed by atoms with E-state index in [1.165, 1.54) is 25.9 Å². The number of ether oxygens (including phenoxy) is 1. The molecule has 0 saturated carbocycles. The van der Waals surface area contributed by atoms with Gasteiger partial charge in [0.25, 0.3) is 6.02 Å². The van der Waals surface area contributed by atoms with Crippen molar-refractivity contribution in [3.8, 4) is 0 Å². The van der Waals surface area contributed by atoms with Gasteiger partial charge in [0.1, 0.15) is 5.60 Å². The third kappa shape index (κ3) is 2.03. The van der Waals surface area contributed by atoms with Crippen LogP contribution in [0.1, 0.15) is 12.8 Å². The fourth-order valence-electron chi connectivity index (χ4n) is 3.44. The van der Waals surface area contributed by atoms with E-state index in [1.54, 1.807) is 12.1 Å². The van der Waals surface area contributed by atoms with Crippen LogP contribution in [0.4, 0.5) is 5.82 Å². The molecule has 0 aromatic carbocycles. The molecule has 5 rings (SSSR count). The molecular formula is C13H16ClN5O. The van der Waals surface area contributed by atoms with Gasteiger partial charge in [0, 0.05) is 12.5 Å². The van der Waals surface area contributed by atoms with Gasteiger partial charge < -0.3 is 4.74 Å². The smallest absolute Gasteiger partial charge is 0.291 e. The number of amidine groups is 1. The molecule has 1 spiro atoms. The number of nitrogens with one attached hydrogen (secondary N) is 1. The molecule has 6 nitrogen and oxygen atoms in total. The Morgan fingerprint density at radius 3 is 2.80 bits per heavy atom. The lowest BCUT2D eigenvalue weighted by atomic mass is 9.75. The van der Waals surface area contributed by atoms with Crippen molar-refractivity contribution in [2.75, 3.05) is 31.5 Å². The van der Waals surface area contributed by atoms with E-state index in [9.17, 15) is 0 Å². The molecule has 0 radical (unpaired) electrons. The minimum absolute atomic E-state index is 0.126. The zero-order valence-corrected chi connectivity index (χ0v) is 11.8. The Labute approximate surface area is 122 Å². The first-order chi connectivity index (χ1) is 9.73. The lowest BCUT2D eigenvalue weighted by molar-refractivity contribution is -0.0829. The van der Waals surface area contributed by atoms with Gasteiger partial charge in [-0.25, -0.2) is 4.99 Å². The number of aliphatic imine (C=N–C) groups is 1. The van der Waals surface area contributed by atoms with E-state index in [-0.39, 0.29) is 5.60 Å². The summed E-state index contributed by atoms with van der Waals surface area (Å²) in [5.41, 5.74) is -0.126. The molecule has 4 aliphatic heterocycles. The molecule has 106 valence electrons. The highest BCUT2D eigenvalue weighted by atomic mass is 35.5. The molecule has 3 saturated heterocycles. The highest BCUT2D eigenvalue weighted by Crippen LogP contribution is 2.40. The molecule has 0 amide bonds. The summed E-state index contributed by atoms with van der Waals surface area (Å²) >= 11 is 5.72. The number of nitrogens with zero attached hydrogens (tertiary/aromatic N) is 4. The Hall–Kier alpha value is -1.40. The minimum Gasteiger partial charge on any atom is -0.455 e. The fourth-order valence-corrected chi connectivity index (χ4v) is 3.54. The highest BCUT2D eigenvalue weighted by molar-refractivity contribution is 6.29. The second-order valence-electron chi connectivity index (χ2n) is 5.70. The normalized spacial score (nSPS) is 35.0. The Morgan fingerprint density at radius 2 is 2.15 bits per heavy atom. The Kier molecular flexibility index (Phi) is 2.82. The van der Waals surface area contributed by atoms with Gasteiger partial charge in [-0.15, -0.1) is 10.2 Å². The van der Waals surface area contributed by atoms with Gasteiger partial charge in [-0.3, -0.25) is 10.2 Å². The maximum absolute atomic E-state index is 6.15. The van der Waals surface area contributed by atoms with Crippen LogP contribution in [0.5, 0.6) is 0 Å². The van der Waals surface area contributed by atoms with Gasteiger partial charge in [-0.05, 0) is 38.1 Å². The molecule has 1 aromatic heterocycles. The third-order valence-electron chi connectivity index (χ3n) is 4.48. The second kappa shape index (κ2) is 4.56. The summed E-state index contributed by atoms with van der Waals surface area (Å²) in [6.45, 7) is 4.11. The van der Waals surface area contributed by atoms with E-state index < -0.39 is 0 Å². The maximum atomic E-state index is 6.15. The zero-order valence-electron chi connectivity index (χ0n) is 11.0. The second-order valence-corrected chi connectivity index (χ2v) is 6.09. The predicted octanol–water partition coefficient (Wildman–Crippen LogP) is 1.39. The van der Waals surface area contributed by atoms with Gasteiger partial charge in [0.2, 0.25) is 0 Å². The van der Waals surface area contributed by atoms with Crippen LogP contribution >= 0.6 is 11.6 Å². The largest absolute Gasteiger partial charge is 0.455 e. The molecule has 5 heterocycles. The van der Waals surface area contributed by atoms with Crippen molar-refractivity contribution >= 4 is 23.4 Å². The quantitative estimate of drug-likeness (QED) is 0.848. The van der Waals surface area contributed by atoms with Gasteiger partial charge >= 0.3 is 0 Å². The number of hydrogen-bond donors (Lipinski definition) is 1. The van der Waals surface area contributed by atoms with Crippen LogP contribution < -0.4 is 5.32 Å². The Morgan fingerprint density at radius 1 is 1.30 bits per heavy atom. The van der Waals surface area contributed by atoms with Crippen molar-refractivity contribution in [2.24, 2.45) is 10.9 Å². The number of hydrogen-bond acceptors (Lipinski definition) is 6. The molecule has 7 heteroatoms. The van der Waals surface area contributed by atoms with Crippen molar-refractivity contribution < 1.29 is 4.74 Å². The predicted molar refractivity (Wildman–Crippen MR) is 75.9 cm³/mol. The first kappa shape index (κ1) is 12.3. The van der Waals surface area contributed by atoms with Gasteiger partial charge in [-0.1, -0.05) is 11.6 Å². The average molecular weight is 294 g/mol. The van der Waals surface area contributed by atoms with E-state index >= 15 is 0 Å². The highest BCUT2D eigenvalue weighted by Gasteiger charge is 2.51. The number of piperidine rings is 3. The first-order valence-corrected chi connectivity index (χ1v) is 7.33. The van der Waals surface area contributed by atoms with Crippen molar-refractivity contribution in [1.82, 2.24) is 15.1 Å². The third-order valence-corrected chi connectivity index (χ3v) is 4.68. The van der Waals surface area contributed by atoms with E-state index in [4.69, 9.17) is 16.3 Å². The van der Waals surface area contributed by atoms with E-state index in [0.29, 0.717) is 22.9 Å².